The highest BCUT2D eigenvalue weighted by Gasteiger charge is 2.15. The van der Waals surface area contributed by atoms with Crippen LogP contribution in [0.15, 0.2) is 0 Å². The van der Waals surface area contributed by atoms with Crippen LogP contribution in [0.2, 0.25) is 0 Å². The summed E-state index contributed by atoms with van der Waals surface area (Å²) < 4.78 is 15.6. The lowest BCUT2D eigenvalue weighted by molar-refractivity contribution is -0.157. The van der Waals surface area contributed by atoms with Crippen LogP contribution in [-0.4, -0.2) is 37.4 Å². The molecular formula is C14H26O5. The Kier molecular flexibility index (Phi) is 9.21. The normalized spacial score (nSPS) is 14.0. The monoisotopic (exact) mass is 274 g/mol. The van der Waals surface area contributed by atoms with Crippen molar-refractivity contribution in [1.29, 1.82) is 0 Å². The Bertz CT molecular complexity index is 275. The van der Waals surface area contributed by atoms with Crippen molar-refractivity contribution in [2.45, 2.75) is 59.7 Å². The number of rotatable bonds is 9. The molecule has 5 heteroatoms. The van der Waals surface area contributed by atoms with Gasteiger partial charge in [-0.05, 0) is 20.3 Å². The topological polar surface area (TPSA) is 61.8 Å². The van der Waals surface area contributed by atoms with Crippen LogP contribution in [-0.2, 0) is 23.8 Å². The van der Waals surface area contributed by atoms with Crippen molar-refractivity contribution >= 4 is 11.9 Å². The molecule has 0 aromatic carbocycles. The molecule has 0 aliphatic carbocycles. The third-order valence-electron chi connectivity index (χ3n) is 2.34. The fourth-order valence-electron chi connectivity index (χ4n) is 1.20. The predicted molar refractivity (Wildman–Crippen MR) is 71.7 cm³/mol. The van der Waals surface area contributed by atoms with Gasteiger partial charge in [-0.3, -0.25) is 9.59 Å². The molecule has 0 fully saturated rings. The minimum absolute atomic E-state index is 0.144. The molecule has 0 saturated heterocycles. The van der Waals surface area contributed by atoms with Gasteiger partial charge in [0, 0.05) is 6.42 Å². The predicted octanol–water partition coefficient (Wildman–Crippen LogP) is 2.32. The van der Waals surface area contributed by atoms with Gasteiger partial charge in [0.1, 0.15) is 12.7 Å². The maximum absolute atomic E-state index is 11.3. The number of esters is 2. The van der Waals surface area contributed by atoms with E-state index < -0.39 is 0 Å². The third-order valence-corrected chi connectivity index (χ3v) is 2.34. The lowest BCUT2D eigenvalue weighted by atomic mass is 10.2. The van der Waals surface area contributed by atoms with Crippen LogP contribution in [0.25, 0.3) is 0 Å². The van der Waals surface area contributed by atoms with Crippen LogP contribution in [0, 0.1) is 5.92 Å². The molecule has 0 rings (SSSR count). The van der Waals surface area contributed by atoms with Gasteiger partial charge in [0.2, 0.25) is 0 Å². The largest absolute Gasteiger partial charge is 0.463 e. The van der Waals surface area contributed by atoms with Crippen LogP contribution < -0.4 is 0 Å². The van der Waals surface area contributed by atoms with E-state index in [1.165, 1.54) is 0 Å². The van der Waals surface area contributed by atoms with Gasteiger partial charge in [0.05, 0.1) is 18.6 Å². The summed E-state index contributed by atoms with van der Waals surface area (Å²) in [6.45, 7) is 9.60. The minimum atomic E-state index is -0.302. The van der Waals surface area contributed by atoms with Crippen LogP contribution in [0.5, 0.6) is 0 Å². The molecular weight excluding hydrogens is 248 g/mol. The van der Waals surface area contributed by atoms with Crippen molar-refractivity contribution < 1.29 is 23.8 Å². The molecule has 0 aromatic rings. The summed E-state index contributed by atoms with van der Waals surface area (Å²) in [5.41, 5.74) is 0. The first-order chi connectivity index (χ1) is 8.86. The highest BCUT2D eigenvalue weighted by Crippen LogP contribution is 2.03. The standard InChI is InChI=1S/C14H26O5/c1-6-7-13(15)18-8-11(4)17-9-12(5)19-14(16)10(2)3/h10-12H,6-9H2,1-5H3. The van der Waals surface area contributed by atoms with E-state index in [4.69, 9.17) is 14.2 Å². The molecule has 0 radical (unpaired) electrons. The first-order valence-electron chi connectivity index (χ1n) is 6.84. The van der Waals surface area contributed by atoms with Crippen molar-refractivity contribution in [3.63, 3.8) is 0 Å². The second kappa shape index (κ2) is 9.78. The van der Waals surface area contributed by atoms with Crippen LogP contribution in [0.3, 0.4) is 0 Å². The summed E-state index contributed by atoms with van der Waals surface area (Å²) in [5.74, 6) is -0.592. The van der Waals surface area contributed by atoms with E-state index in [1.807, 2.05) is 13.8 Å². The Morgan fingerprint density at radius 2 is 1.63 bits per heavy atom. The highest BCUT2D eigenvalue weighted by molar-refractivity contribution is 5.71. The molecule has 19 heavy (non-hydrogen) atoms. The summed E-state index contributed by atoms with van der Waals surface area (Å²) in [4.78, 5) is 22.5. The van der Waals surface area contributed by atoms with Gasteiger partial charge in [0.15, 0.2) is 0 Å². The number of carbonyl (C=O) groups is 2. The Labute approximate surface area is 115 Å². The van der Waals surface area contributed by atoms with Gasteiger partial charge in [-0.1, -0.05) is 20.8 Å². The van der Waals surface area contributed by atoms with Crippen LogP contribution >= 0.6 is 0 Å². The maximum Gasteiger partial charge on any atom is 0.308 e. The van der Waals surface area contributed by atoms with Crippen LogP contribution in [0.4, 0.5) is 0 Å². The molecule has 0 amide bonds. The summed E-state index contributed by atoms with van der Waals surface area (Å²) >= 11 is 0. The Morgan fingerprint density at radius 1 is 1.00 bits per heavy atom. The summed E-state index contributed by atoms with van der Waals surface area (Å²) in [6.07, 6.45) is 0.690. The van der Waals surface area contributed by atoms with Crippen molar-refractivity contribution in [3.8, 4) is 0 Å². The lowest BCUT2D eigenvalue weighted by Gasteiger charge is -2.18. The molecule has 5 nitrogen and oxygen atoms in total. The van der Waals surface area contributed by atoms with Gasteiger partial charge in [-0.2, -0.15) is 0 Å². The first-order valence-corrected chi connectivity index (χ1v) is 6.84. The Balaban J connectivity index is 3.74. The molecule has 0 N–H and O–H groups in total. The van der Waals surface area contributed by atoms with Crippen molar-refractivity contribution in [3.05, 3.63) is 0 Å². The van der Waals surface area contributed by atoms with Crippen molar-refractivity contribution in [2.24, 2.45) is 5.92 Å². The zero-order valence-electron chi connectivity index (χ0n) is 12.6. The van der Waals surface area contributed by atoms with Crippen molar-refractivity contribution in [1.82, 2.24) is 0 Å². The molecule has 0 aliphatic rings. The molecule has 0 aromatic heterocycles. The van der Waals surface area contributed by atoms with E-state index in [2.05, 4.69) is 0 Å². The summed E-state index contributed by atoms with van der Waals surface area (Å²) in [7, 11) is 0. The smallest absolute Gasteiger partial charge is 0.308 e. The molecule has 0 heterocycles. The van der Waals surface area contributed by atoms with Gasteiger partial charge < -0.3 is 14.2 Å². The average Bonchev–Trinajstić information content (AvgIpc) is 2.34. The first kappa shape index (κ1) is 17.9. The third kappa shape index (κ3) is 9.47. The van der Waals surface area contributed by atoms with Gasteiger partial charge in [0.25, 0.3) is 0 Å². The SMILES string of the molecule is CCCC(=O)OCC(C)OCC(C)OC(=O)C(C)C. The molecule has 0 saturated carbocycles. The van der Waals surface area contributed by atoms with E-state index in [0.717, 1.165) is 6.42 Å². The molecule has 0 bridgehead atoms. The van der Waals surface area contributed by atoms with E-state index >= 15 is 0 Å². The fourth-order valence-corrected chi connectivity index (χ4v) is 1.20. The quantitative estimate of drug-likeness (QED) is 0.604. The van der Waals surface area contributed by atoms with Gasteiger partial charge >= 0.3 is 11.9 Å². The zero-order valence-corrected chi connectivity index (χ0v) is 12.6. The number of hydrogen-bond donors (Lipinski definition) is 0. The molecule has 2 unspecified atom stereocenters. The summed E-state index contributed by atoms with van der Waals surface area (Å²) in [6, 6.07) is 0. The minimum Gasteiger partial charge on any atom is -0.463 e. The second-order valence-electron chi connectivity index (χ2n) is 4.98. The molecule has 2 atom stereocenters. The molecule has 112 valence electrons. The van der Waals surface area contributed by atoms with E-state index in [1.54, 1.807) is 20.8 Å². The fraction of sp³-hybridized carbons (Fsp3) is 0.857. The van der Waals surface area contributed by atoms with E-state index in [-0.39, 0.29) is 36.7 Å². The molecule has 0 aliphatic heterocycles. The Morgan fingerprint density at radius 3 is 2.16 bits per heavy atom. The van der Waals surface area contributed by atoms with Gasteiger partial charge in [-0.25, -0.2) is 0 Å². The number of hydrogen-bond acceptors (Lipinski definition) is 5. The average molecular weight is 274 g/mol. The lowest BCUT2D eigenvalue weighted by Crippen LogP contribution is -2.27. The number of carbonyl (C=O) groups excluding carboxylic acids is 2. The van der Waals surface area contributed by atoms with Gasteiger partial charge in [-0.15, -0.1) is 0 Å². The molecule has 0 spiro atoms. The van der Waals surface area contributed by atoms with Crippen LogP contribution in [0.1, 0.15) is 47.5 Å². The van der Waals surface area contributed by atoms with Crippen molar-refractivity contribution in [2.75, 3.05) is 13.2 Å². The van der Waals surface area contributed by atoms with E-state index in [9.17, 15) is 9.59 Å². The zero-order chi connectivity index (χ0) is 14.8. The Hall–Kier alpha value is -1.10. The summed E-state index contributed by atoms with van der Waals surface area (Å²) in [5, 5.41) is 0. The maximum atomic E-state index is 11.3. The number of ether oxygens (including phenoxy) is 3. The second-order valence-corrected chi connectivity index (χ2v) is 4.98. The highest BCUT2D eigenvalue weighted by atomic mass is 16.6. The van der Waals surface area contributed by atoms with E-state index in [0.29, 0.717) is 13.0 Å².